The fourth-order valence-electron chi connectivity index (χ4n) is 3.87. The third-order valence-corrected chi connectivity index (χ3v) is 6.03. The summed E-state index contributed by atoms with van der Waals surface area (Å²) in [6, 6.07) is 13.4. The Morgan fingerprint density at radius 1 is 1.03 bits per heavy atom. The van der Waals surface area contributed by atoms with E-state index in [1.54, 1.807) is 6.07 Å². The number of Topliss-reactive ketones (excluding diaryl/α,β-unsaturated/α-hetero) is 1. The van der Waals surface area contributed by atoms with Gasteiger partial charge in [0.15, 0.2) is 0 Å². The van der Waals surface area contributed by atoms with Gasteiger partial charge >= 0.3 is 6.36 Å². The highest BCUT2D eigenvalue weighted by molar-refractivity contribution is 9.10. The maximum Gasteiger partial charge on any atom is 0.573 e. The summed E-state index contributed by atoms with van der Waals surface area (Å²) in [7, 11) is 1.45. The summed E-state index contributed by atoms with van der Waals surface area (Å²) in [5.41, 5.74) is 0.165. The Balaban J connectivity index is 1.90. The van der Waals surface area contributed by atoms with E-state index in [-0.39, 0.29) is 22.6 Å². The van der Waals surface area contributed by atoms with Crippen molar-refractivity contribution >= 4 is 39.1 Å². The van der Waals surface area contributed by atoms with Gasteiger partial charge in [0.1, 0.15) is 23.0 Å². The lowest BCUT2D eigenvalue weighted by molar-refractivity contribution is -0.274. The summed E-state index contributed by atoms with van der Waals surface area (Å²) in [6.45, 7) is 0. The average Bonchev–Trinajstić information content (AvgIpc) is 3.08. The molecule has 186 valence electrons. The molecule has 11 heteroatoms. The van der Waals surface area contributed by atoms with E-state index in [2.05, 4.69) is 20.7 Å². The van der Waals surface area contributed by atoms with Gasteiger partial charge in [-0.05, 0) is 64.0 Å². The Kier molecular flexibility index (Phi) is 6.68. The average molecular weight is 564 g/mol. The molecule has 0 spiro atoms. The third kappa shape index (κ3) is 4.87. The fraction of sp³-hybridized carbons (Fsp3) is 0.120. The first-order valence-electron chi connectivity index (χ1n) is 10.3. The maximum atomic E-state index is 13.2. The predicted molar refractivity (Wildman–Crippen MR) is 127 cm³/mol. The van der Waals surface area contributed by atoms with Gasteiger partial charge in [-0.1, -0.05) is 18.2 Å². The van der Waals surface area contributed by atoms with E-state index < -0.39 is 35.6 Å². The lowest BCUT2D eigenvalue weighted by Gasteiger charge is -2.26. The van der Waals surface area contributed by atoms with Crippen molar-refractivity contribution in [3.63, 3.8) is 0 Å². The van der Waals surface area contributed by atoms with Crippen LogP contribution in [0, 0.1) is 0 Å². The van der Waals surface area contributed by atoms with Crippen LogP contribution in [0.3, 0.4) is 0 Å². The molecule has 4 rings (SSSR count). The number of aliphatic hydroxyl groups excluding tert-OH is 1. The number of phenols is 1. The Morgan fingerprint density at radius 2 is 1.72 bits per heavy atom. The van der Waals surface area contributed by atoms with Gasteiger partial charge in [-0.25, -0.2) is 0 Å². The Morgan fingerprint density at radius 3 is 2.33 bits per heavy atom. The molecule has 1 fully saturated rings. The van der Waals surface area contributed by atoms with E-state index in [0.717, 1.165) is 17.0 Å². The molecule has 1 amide bonds. The van der Waals surface area contributed by atoms with E-state index >= 15 is 0 Å². The van der Waals surface area contributed by atoms with Gasteiger partial charge in [-0.3, -0.25) is 14.5 Å². The van der Waals surface area contributed by atoms with E-state index in [9.17, 15) is 33.0 Å². The third-order valence-electron chi connectivity index (χ3n) is 5.41. The van der Waals surface area contributed by atoms with Crippen LogP contribution in [0.2, 0.25) is 0 Å². The number of hydrogen-bond donors (Lipinski definition) is 2. The molecule has 1 unspecified atom stereocenters. The molecule has 1 aliphatic rings. The van der Waals surface area contributed by atoms with Crippen LogP contribution >= 0.6 is 15.9 Å². The number of aromatic hydroxyl groups is 1. The van der Waals surface area contributed by atoms with Crippen LogP contribution in [0.5, 0.6) is 17.2 Å². The molecule has 2 N–H and O–H groups in total. The molecule has 1 aliphatic heterocycles. The molecule has 0 aliphatic carbocycles. The summed E-state index contributed by atoms with van der Waals surface area (Å²) >= 11 is 3.31. The number of hydrogen-bond acceptors (Lipinski definition) is 6. The summed E-state index contributed by atoms with van der Waals surface area (Å²) in [6.07, 6.45) is -4.97. The monoisotopic (exact) mass is 563 g/mol. The van der Waals surface area contributed by atoms with Crippen LogP contribution in [-0.4, -0.2) is 35.4 Å². The molecule has 3 aromatic carbocycles. The second kappa shape index (κ2) is 9.57. The van der Waals surface area contributed by atoms with E-state index in [0.29, 0.717) is 15.8 Å². The molecule has 7 nitrogen and oxygen atoms in total. The number of benzene rings is 3. The van der Waals surface area contributed by atoms with Crippen LogP contribution in [0.4, 0.5) is 18.9 Å². The van der Waals surface area contributed by atoms with E-state index in [1.807, 2.05) is 0 Å². The highest BCUT2D eigenvalue weighted by atomic mass is 79.9. The smallest absolute Gasteiger partial charge is 0.508 e. The second-order valence-electron chi connectivity index (χ2n) is 7.66. The minimum absolute atomic E-state index is 0.0631. The number of halogens is 4. The summed E-state index contributed by atoms with van der Waals surface area (Å²) in [4.78, 5) is 27.3. The van der Waals surface area contributed by atoms with Gasteiger partial charge in [0.25, 0.3) is 11.7 Å². The van der Waals surface area contributed by atoms with Gasteiger partial charge < -0.3 is 19.7 Å². The zero-order valence-electron chi connectivity index (χ0n) is 18.4. The SMILES string of the molecule is COc1ccc(/C(O)=C2\C(=O)C(=O)N(c3cccc(OC(F)(F)F)c3)C2c2ccc(O)cc2)cc1Br. The predicted octanol–water partition coefficient (Wildman–Crippen LogP) is 5.69. The van der Waals surface area contributed by atoms with Crippen molar-refractivity contribution in [1.82, 2.24) is 0 Å². The van der Waals surface area contributed by atoms with Crippen molar-refractivity contribution in [1.29, 1.82) is 0 Å². The summed E-state index contributed by atoms with van der Waals surface area (Å²) < 4.78 is 47.9. The topological polar surface area (TPSA) is 96.3 Å². The Hall–Kier alpha value is -3.99. The van der Waals surface area contributed by atoms with Crippen LogP contribution in [0.15, 0.2) is 76.8 Å². The number of methoxy groups -OCH3 is 1. The molecule has 1 heterocycles. The van der Waals surface area contributed by atoms with Crippen LogP contribution < -0.4 is 14.4 Å². The molecule has 1 atom stereocenters. The molecule has 0 aromatic heterocycles. The fourth-order valence-corrected chi connectivity index (χ4v) is 4.41. The van der Waals surface area contributed by atoms with Crippen molar-refractivity contribution in [2.45, 2.75) is 12.4 Å². The minimum atomic E-state index is -4.97. The Labute approximate surface area is 211 Å². The number of anilines is 1. The van der Waals surface area contributed by atoms with Crippen molar-refractivity contribution in [2.75, 3.05) is 12.0 Å². The molecular weight excluding hydrogens is 547 g/mol. The van der Waals surface area contributed by atoms with Gasteiger partial charge in [0, 0.05) is 17.3 Å². The molecule has 1 saturated heterocycles. The van der Waals surface area contributed by atoms with Crippen molar-refractivity contribution in [3.8, 4) is 17.2 Å². The van der Waals surface area contributed by atoms with E-state index in [1.165, 1.54) is 55.6 Å². The number of phenolic OH excluding ortho intramolecular Hbond substituents is 1. The van der Waals surface area contributed by atoms with Crippen LogP contribution in [0.1, 0.15) is 17.2 Å². The first-order valence-corrected chi connectivity index (χ1v) is 11.1. The lowest BCUT2D eigenvalue weighted by Crippen LogP contribution is -2.29. The zero-order valence-corrected chi connectivity index (χ0v) is 20.0. The quantitative estimate of drug-likeness (QED) is 0.235. The number of alkyl halides is 3. The van der Waals surface area contributed by atoms with Gasteiger partial charge in [0.2, 0.25) is 0 Å². The highest BCUT2D eigenvalue weighted by Crippen LogP contribution is 2.44. The second-order valence-corrected chi connectivity index (χ2v) is 8.51. The van der Waals surface area contributed by atoms with Gasteiger partial charge in [0.05, 0.1) is 23.2 Å². The highest BCUT2D eigenvalue weighted by Gasteiger charge is 2.47. The molecular formula is C25H17BrF3NO6. The van der Waals surface area contributed by atoms with Crippen LogP contribution in [0.25, 0.3) is 5.76 Å². The van der Waals surface area contributed by atoms with Crippen molar-refractivity contribution in [2.24, 2.45) is 0 Å². The number of amides is 1. The molecule has 0 radical (unpaired) electrons. The molecule has 0 bridgehead atoms. The largest absolute Gasteiger partial charge is 0.573 e. The maximum absolute atomic E-state index is 13.2. The summed E-state index contributed by atoms with van der Waals surface area (Å²) in [5, 5.41) is 20.9. The number of ether oxygens (including phenoxy) is 2. The normalized spacial score (nSPS) is 17.4. The number of rotatable bonds is 5. The zero-order chi connectivity index (χ0) is 26.2. The minimum Gasteiger partial charge on any atom is -0.508 e. The number of aliphatic hydroxyl groups is 1. The number of carbonyl (C=O) groups excluding carboxylic acids is 2. The standard InChI is InChI=1S/C25H17BrF3NO6/c1-35-19-10-7-14(11-18(19)26)22(32)20-21(13-5-8-16(31)9-6-13)30(24(34)23(20)33)15-3-2-4-17(12-15)36-25(27,28)29/h2-12,21,31-32H,1H3/b22-20+. The lowest BCUT2D eigenvalue weighted by atomic mass is 9.95. The molecule has 36 heavy (non-hydrogen) atoms. The molecule has 0 saturated carbocycles. The van der Waals surface area contributed by atoms with Crippen LogP contribution in [-0.2, 0) is 9.59 Å². The van der Waals surface area contributed by atoms with Gasteiger partial charge in [-0.2, -0.15) is 0 Å². The van der Waals surface area contributed by atoms with E-state index in [4.69, 9.17) is 4.74 Å². The number of nitrogens with zero attached hydrogens (tertiary/aromatic N) is 1. The van der Waals surface area contributed by atoms with Gasteiger partial charge in [-0.15, -0.1) is 13.2 Å². The Bertz CT molecular complexity index is 1370. The number of carbonyl (C=O) groups is 2. The number of ketones is 1. The molecule has 3 aromatic rings. The van der Waals surface area contributed by atoms with Crippen molar-refractivity contribution in [3.05, 3.63) is 87.9 Å². The first kappa shape index (κ1) is 25.1. The van der Waals surface area contributed by atoms with Crippen molar-refractivity contribution < 1.29 is 42.4 Å². The summed E-state index contributed by atoms with van der Waals surface area (Å²) in [5.74, 6) is -2.82. The first-order chi connectivity index (χ1) is 17.0.